The molecule has 1 nitrogen and oxygen atoms in total. The van der Waals surface area contributed by atoms with Gasteiger partial charge in [0.1, 0.15) is 0 Å². The summed E-state index contributed by atoms with van der Waals surface area (Å²) < 4.78 is 1.20. The van der Waals surface area contributed by atoms with Crippen molar-refractivity contribution in [1.29, 1.82) is 0 Å². The molecule has 0 bridgehead atoms. The molecule has 1 aromatic rings. The smallest absolute Gasteiger partial charge is 0.0386 e. The van der Waals surface area contributed by atoms with Crippen LogP contribution in [0.4, 0.5) is 0 Å². The van der Waals surface area contributed by atoms with Crippen LogP contribution < -0.4 is 5.32 Å². The van der Waals surface area contributed by atoms with Gasteiger partial charge in [-0.25, -0.2) is 0 Å². The number of nitrogens with one attached hydrogen (secondary N) is 1. The summed E-state index contributed by atoms with van der Waals surface area (Å²) in [7, 11) is 0. The molecule has 1 aliphatic rings. The Hall–Kier alpha value is 0.140. The van der Waals surface area contributed by atoms with E-state index in [2.05, 4.69) is 46.5 Å². The third kappa shape index (κ3) is 2.83. The third-order valence-corrected chi connectivity index (χ3v) is 5.38. The number of thiophene rings is 1. The van der Waals surface area contributed by atoms with E-state index in [4.69, 9.17) is 0 Å². The lowest BCUT2D eigenvalue weighted by atomic mass is 10.0. The van der Waals surface area contributed by atoms with Crippen molar-refractivity contribution in [2.45, 2.75) is 39.2 Å². The third-order valence-electron chi connectivity index (χ3n) is 3.50. The standard InChI is InChI=1S/C12H18BrNS/c1-3-12(4-5-12)8-14-9(2)11-6-10(13)7-15-11/h6-7,9,14H,3-5,8H2,1-2H3. The Bertz CT molecular complexity index is 330. The van der Waals surface area contributed by atoms with Gasteiger partial charge in [0.25, 0.3) is 0 Å². The van der Waals surface area contributed by atoms with Crippen molar-refractivity contribution < 1.29 is 0 Å². The first-order chi connectivity index (χ1) is 7.15. The molecule has 0 spiro atoms. The summed E-state index contributed by atoms with van der Waals surface area (Å²) >= 11 is 5.33. The second kappa shape index (κ2) is 4.56. The van der Waals surface area contributed by atoms with Crippen molar-refractivity contribution in [3.8, 4) is 0 Å². The van der Waals surface area contributed by atoms with Crippen molar-refractivity contribution >= 4 is 27.3 Å². The van der Waals surface area contributed by atoms with Gasteiger partial charge in [0.2, 0.25) is 0 Å². The topological polar surface area (TPSA) is 12.0 Å². The normalized spacial score (nSPS) is 20.2. The fourth-order valence-electron chi connectivity index (χ4n) is 1.86. The predicted octanol–water partition coefficient (Wildman–Crippen LogP) is 4.35. The van der Waals surface area contributed by atoms with Gasteiger partial charge in [-0.1, -0.05) is 6.92 Å². The number of hydrogen-bond donors (Lipinski definition) is 1. The molecule has 1 N–H and O–H groups in total. The van der Waals surface area contributed by atoms with E-state index in [-0.39, 0.29) is 0 Å². The van der Waals surface area contributed by atoms with Crippen molar-refractivity contribution in [2.75, 3.05) is 6.54 Å². The Morgan fingerprint density at radius 2 is 2.33 bits per heavy atom. The van der Waals surface area contributed by atoms with Gasteiger partial charge < -0.3 is 5.32 Å². The van der Waals surface area contributed by atoms with Gasteiger partial charge in [0, 0.05) is 27.3 Å². The molecule has 0 aromatic carbocycles. The lowest BCUT2D eigenvalue weighted by molar-refractivity contribution is 0.417. The maximum absolute atomic E-state index is 3.66. The van der Waals surface area contributed by atoms with Gasteiger partial charge in [-0.2, -0.15) is 0 Å². The van der Waals surface area contributed by atoms with Crippen LogP contribution in [0, 0.1) is 5.41 Å². The molecule has 84 valence electrons. The van der Waals surface area contributed by atoms with Crippen LogP contribution in [-0.2, 0) is 0 Å². The average Bonchev–Trinajstić information content (AvgIpc) is 2.90. The molecular formula is C12H18BrNS. The molecule has 0 aliphatic heterocycles. The minimum Gasteiger partial charge on any atom is -0.309 e. The van der Waals surface area contributed by atoms with Gasteiger partial charge in [-0.3, -0.25) is 0 Å². The van der Waals surface area contributed by atoms with E-state index < -0.39 is 0 Å². The van der Waals surface area contributed by atoms with Crippen molar-refractivity contribution in [2.24, 2.45) is 5.41 Å². The molecule has 0 amide bonds. The predicted molar refractivity (Wildman–Crippen MR) is 70.4 cm³/mol. The highest BCUT2D eigenvalue weighted by Gasteiger charge is 2.40. The molecule has 1 heterocycles. The minimum atomic E-state index is 0.491. The van der Waals surface area contributed by atoms with Crippen LogP contribution in [0.5, 0.6) is 0 Å². The Morgan fingerprint density at radius 1 is 1.60 bits per heavy atom. The molecule has 1 aromatic heterocycles. The highest BCUT2D eigenvalue weighted by Crippen LogP contribution is 2.48. The van der Waals surface area contributed by atoms with E-state index >= 15 is 0 Å². The van der Waals surface area contributed by atoms with Crippen LogP contribution in [-0.4, -0.2) is 6.54 Å². The fraction of sp³-hybridized carbons (Fsp3) is 0.667. The van der Waals surface area contributed by atoms with E-state index in [1.54, 1.807) is 0 Å². The molecule has 1 atom stereocenters. The average molecular weight is 288 g/mol. The lowest BCUT2D eigenvalue weighted by Gasteiger charge is -2.17. The Labute approximate surface area is 104 Å². The molecule has 15 heavy (non-hydrogen) atoms. The monoisotopic (exact) mass is 287 g/mol. The van der Waals surface area contributed by atoms with Crippen LogP contribution in [0.2, 0.25) is 0 Å². The summed E-state index contributed by atoms with van der Waals surface area (Å²) in [6.45, 7) is 5.74. The Morgan fingerprint density at radius 3 is 2.80 bits per heavy atom. The Balaban J connectivity index is 1.85. The molecule has 1 aliphatic carbocycles. The first kappa shape index (κ1) is 11.6. The summed E-state index contributed by atoms with van der Waals surface area (Å²) in [5.41, 5.74) is 0.642. The summed E-state index contributed by atoms with van der Waals surface area (Å²) in [5, 5.41) is 5.81. The number of hydrogen-bond acceptors (Lipinski definition) is 2. The molecular weight excluding hydrogens is 270 g/mol. The second-order valence-corrected chi connectivity index (χ2v) is 6.48. The largest absolute Gasteiger partial charge is 0.309 e. The molecule has 0 radical (unpaired) electrons. The van der Waals surface area contributed by atoms with E-state index in [9.17, 15) is 0 Å². The van der Waals surface area contributed by atoms with Crippen molar-refractivity contribution in [1.82, 2.24) is 5.32 Å². The zero-order chi connectivity index (χ0) is 10.9. The minimum absolute atomic E-state index is 0.491. The first-order valence-corrected chi connectivity index (χ1v) is 7.30. The van der Waals surface area contributed by atoms with Crippen molar-refractivity contribution in [3.63, 3.8) is 0 Å². The van der Waals surface area contributed by atoms with E-state index in [0.717, 1.165) is 0 Å². The van der Waals surface area contributed by atoms with Crippen LogP contribution >= 0.6 is 27.3 Å². The van der Waals surface area contributed by atoms with Gasteiger partial charge >= 0.3 is 0 Å². The fourth-order valence-corrected chi connectivity index (χ4v) is 3.34. The van der Waals surface area contributed by atoms with Gasteiger partial charge in [0.05, 0.1) is 0 Å². The zero-order valence-electron chi connectivity index (χ0n) is 9.35. The van der Waals surface area contributed by atoms with Crippen LogP contribution in [0.1, 0.15) is 44.0 Å². The molecule has 1 saturated carbocycles. The van der Waals surface area contributed by atoms with E-state index in [1.807, 2.05) is 11.3 Å². The molecule has 0 saturated heterocycles. The maximum Gasteiger partial charge on any atom is 0.0386 e. The maximum atomic E-state index is 3.66. The van der Waals surface area contributed by atoms with Gasteiger partial charge in [0.15, 0.2) is 0 Å². The van der Waals surface area contributed by atoms with E-state index in [1.165, 1.54) is 35.2 Å². The van der Waals surface area contributed by atoms with Crippen LogP contribution in [0.15, 0.2) is 15.9 Å². The number of halogens is 1. The number of rotatable bonds is 5. The highest BCUT2D eigenvalue weighted by molar-refractivity contribution is 9.10. The zero-order valence-corrected chi connectivity index (χ0v) is 11.7. The molecule has 2 rings (SSSR count). The molecule has 3 heteroatoms. The van der Waals surface area contributed by atoms with E-state index in [0.29, 0.717) is 11.5 Å². The van der Waals surface area contributed by atoms with Crippen molar-refractivity contribution in [3.05, 3.63) is 20.8 Å². The summed E-state index contributed by atoms with van der Waals surface area (Å²) in [5.74, 6) is 0. The Kier molecular flexibility index (Phi) is 3.53. The second-order valence-electron chi connectivity index (χ2n) is 4.62. The summed E-state index contributed by atoms with van der Waals surface area (Å²) in [6.07, 6.45) is 4.15. The lowest BCUT2D eigenvalue weighted by Crippen LogP contribution is -2.25. The summed E-state index contributed by atoms with van der Waals surface area (Å²) in [6, 6.07) is 2.71. The summed E-state index contributed by atoms with van der Waals surface area (Å²) in [4.78, 5) is 1.42. The van der Waals surface area contributed by atoms with Crippen LogP contribution in [0.25, 0.3) is 0 Å². The molecule has 1 unspecified atom stereocenters. The van der Waals surface area contributed by atoms with Gasteiger partial charge in [-0.15, -0.1) is 11.3 Å². The van der Waals surface area contributed by atoms with Crippen LogP contribution in [0.3, 0.4) is 0 Å². The first-order valence-electron chi connectivity index (χ1n) is 5.62. The quantitative estimate of drug-likeness (QED) is 0.849. The molecule has 1 fully saturated rings. The highest BCUT2D eigenvalue weighted by atomic mass is 79.9. The van der Waals surface area contributed by atoms with Gasteiger partial charge in [-0.05, 0) is 53.6 Å². The SMILES string of the molecule is CCC1(CNC(C)c2cc(Br)cs2)CC1.